The highest BCUT2D eigenvalue weighted by Gasteiger charge is 2.09. The average molecular weight is 259 g/mol. The first-order valence-electron chi connectivity index (χ1n) is 3.51. The Morgan fingerprint density at radius 2 is 2.08 bits per heavy atom. The topological polar surface area (TPSA) is 38.9 Å². The SMILES string of the molecule is Clc1ccccc1-c1nc(Br)no1. The lowest BCUT2D eigenvalue weighted by Gasteiger charge is -1.95. The molecule has 66 valence electrons. The molecule has 0 amide bonds. The molecule has 0 aliphatic heterocycles. The molecule has 0 unspecified atom stereocenters. The highest BCUT2D eigenvalue weighted by molar-refractivity contribution is 9.10. The van der Waals surface area contributed by atoms with Crippen LogP contribution in [0, 0.1) is 0 Å². The third-order valence-electron chi connectivity index (χ3n) is 1.51. The van der Waals surface area contributed by atoms with Crippen molar-refractivity contribution in [2.75, 3.05) is 0 Å². The molecule has 0 saturated heterocycles. The molecule has 0 spiro atoms. The largest absolute Gasteiger partial charge is 0.333 e. The predicted molar refractivity (Wildman–Crippen MR) is 52.4 cm³/mol. The molecule has 1 heterocycles. The van der Waals surface area contributed by atoms with E-state index >= 15 is 0 Å². The fourth-order valence-electron chi connectivity index (χ4n) is 0.950. The van der Waals surface area contributed by atoms with Crippen molar-refractivity contribution in [3.05, 3.63) is 34.0 Å². The Balaban J connectivity index is 2.52. The van der Waals surface area contributed by atoms with Crippen molar-refractivity contribution < 1.29 is 4.52 Å². The third-order valence-corrected chi connectivity index (χ3v) is 2.16. The summed E-state index contributed by atoms with van der Waals surface area (Å²) in [4.78, 5) is 4.00. The van der Waals surface area contributed by atoms with Gasteiger partial charge in [-0.1, -0.05) is 23.7 Å². The number of benzene rings is 1. The maximum absolute atomic E-state index is 5.92. The van der Waals surface area contributed by atoms with Crippen LogP contribution in [0.5, 0.6) is 0 Å². The van der Waals surface area contributed by atoms with Gasteiger partial charge in [0.25, 0.3) is 5.89 Å². The van der Waals surface area contributed by atoms with Crippen molar-refractivity contribution in [1.82, 2.24) is 10.1 Å². The summed E-state index contributed by atoms with van der Waals surface area (Å²) in [6.45, 7) is 0. The standard InChI is InChI=1S/C8H4BrClN2O/c9-8-11-7(13-12-8)5-3-1-2-4-6(5)10/h1-4H. The number of nitrogens with zero attached hydrogens (tertiary/aromatic N) is 2. The van der Waals surface area contributed by atoms with Gasteiger partial charge in [0.2, 0.25) is 4.73 Å². The summed E-state index contributed by atoms with van der Waals surface area (Å²) in [6, 6.07) is 7.30. The van der Waals surface area contributed by atoms with Crippen LogP contribution in [0.3, 0.4) is 0 Å². The normalized spacial score (nSPS) is 10.3. The van der Waals surface area contributed by atoms with E-state index in [0.29, 0.717) is 15.6 Å². The minimum absolute atomic E-state index is 0.414. The predicted octanol–water partition coefficient (Wildman–Crippen LogP) is 3.15. The highest BCUT2D eigenvalue weighted by Crippen LogP contribution is 2.26. The summed E-state index contributed by atoms with van der Waals surface area (Å²) in [5.74, 6) is 0.414. The number of rotatable bonds is 1. The van der Waals surface area contributed by atoms with E-state index in [1.807, 2.05) is 18.2 Å². The molecule has 2 rings (SSSR count). The molecule has 1 aromatic heterocycles. The molecule has 3 nitrogen and oxygen atoms in total. The zero-order valence-corrected chi connectivity index (χ0v) is 8.71. The Morgan fingerprint density at radius 3 is 2.69 bits per heavy atom. The summed E-state index contributed by atoms with van der Waals surface area (Å²) in [6.07, 6.45) is 0. The molecule has 0 aliphatic rings. The van der Waals surface area contributed by atoms with Crippen molar-refractivity contribution in [3.8, 4) is 11.5 Å². The fraction of sp³-hybridized carbons (Fsp3) is 0. The van der Waals surface area contributed by atoms with E-state index in [-0.39, 0.29) is 0 Å². The smallest absolute Gasteiger partial charge is 0.260 e. The molecule has 0 aliphatic carbocycles. The van der Waals surface area contributed by atoms with Gasteiger partial charge in [-0.25, -0.2) is 0 Å². The van der Waals surface area contributed by atoms with E-state index in [2.05, 4.69) is 26.1 Å². The Morgan fingerprint density at radius 1 is 1.31 bits per heavy atom. The third kappa shape index (κ3) is 1.73. The molecule has 2 aromatic rings. The quantitative estimate of drug-likeness (QED) is 0.790. The van der Waals surface area contributed by atoms with Gasteiger partial charge in [-0.3, -0.25) is 0 Å². The van der Waals surface area contributed by atoms with E-state index < -0.39 is 0 Å². The summed E-state index contributed by atoms with van der Waals surface area (Å²) in [5.41, 5.74) is 0.738. The number of hydrogen-bond donors (Lipinski definition) is 0. The zero-order chi connectivity index (χ0) is 9.26. The minimum atomic E-state index is 0.414. The maximum Gasteiger partial charge on any atom is 0.260 e. The van der Waals surface area contributed by atoms with Crippen molar-refractivity contribution in [2.24, 2.45) is 0 Å². The van der Waals surface area contributed by atoms with Crippen LogP contribution in [0.15, 0.2) is 33.5 Å². The Hall–Kier alpha value is -0.870. The summed E-state index contributed by atoms with van der Waals surface area (Å²) >= 11 is 9.02. The second-order valence-corrected chi connectivity index (χ2v) is 3.46. The van der Waals surface area contributed by atoms with E-state index in [4.69, 9.17) is 16.1 Å². The van der Waals surface area contributed by atoms with Crippen molar-refractivity contribution in [1.29, 1.82) is 0 Å². The van der Waals surface area contributed by atoms with Crippen molar-refractivity contribution in [2.45, 2.75) is 0 Å². The van der Waals surface area contributed by atoms with Crippen molar-refractivity contribution >= 4 is 27.5 Å². The molecule has 0 fully saturated rings. The molecule has 0 N–H and O–H groups in total. The molecule has 0 radical (unpaired) electrons. The van der Waals surface area contributed by atoms with E-state index in [9.17, 15) is 0 Å². The van der Waals surface area contributed by atoms with Crippen LogP contribution in [-0.4, -0.2) is 10.1 Å². The van der Waals surface area contributed by atoms with Crippen LogP contribution in [0.25, 0.3) is 11.5 Å². The Labute approximate surface area is 87.8 Å². The summed E-state index contributed by atoms with van der Waals surface area (Å²) < 4.78 is 5.36. The van der Waals surface area contributed by atoms with E-state index in [0.717, 1.165) is 5.56 Å². The fourth-order valence-corrected chi connectivity index (χ4v) is 1.40. The molecule has 0 bridgehead atoms. The number of aromatic nitrogens is 2. The molecule has 13 heavy (non-hydrogen) atoms. The molecular formula is C8H4BrClN2O. The Bertz CT molecular complexity index is 430. The van der Waals surface area contributed by atoms with Gasteiger partial charge in [0.1, 0.15) is 0 Å². The summed E-state index contributed by atoms with van der Waals surface area (Å²) in [5, 5.41) is 4.20. The van der Waals surface area contributed by atoms with Crippen LogP contribution in [0.2, 0.25) is 5.02 Å². The van der Waals surface area contributed by atoms with Crippen LogP contribution >= 0.6 is 27.5 Å². The zero-order valence-electron chi connectivity index (χ0n) is 6.37. The van der Waals surface area contributed by atoms with Gasteiger partial charge in [-0.05, 0) is 33.2 Å². The first-order valence-corrected chi connectivity index (χ1v) is 4.68. The van der Waals surface area contributed by atoms with Crippen molar-refractivity contribution in [3.63, 3.8) is 0 Å². The van der Waals surface area contributed by atoms with Crippen LogP contribution in [0.1, 0.15) is 0 Å². The first-order chi connectivity index (χ1) is 6.27. The van der Waals surface area contributed by atoms with Gasteiger partial charge in [0.15, 0.2) is 0 Å². The van der Waals surface area contributed by atoms with Crippen LogP contribution in [-0.2, 0) is 0 Å². The lowest BCUT2D eigenvalue weighted by molar-refractivity contribution is 0.426. The Kier molecular flexibility index (Phi) is 2.33. The molecule has 1 aromatic carbocycles. The van der Waals surface area contributed by atoms with Gasteiger partial charge in [0, 0.05) is 0 Å². The second-order valence-electron chi connectivity index (χ2n) is 2.35. The molecule has 5 heteroatoms. The van der Waals surface area contributed by atoms with Gasteiger partial charge in [0.05, 0.1) is 10.6 Å². The van der Waals surface area contributed by atoms with Crippen LogP contribution in [0.4, 0.5) is 0 Å². The van der Waals surface area contributed by atoms with E-state index in [1.165, 1.54) is 0 Å². The lowest BCUT2D eigenvalue weighted by Crippen LogP contribution is -1.77. The molecule has 0 saturated carbocycles. The molecular weight excluding hydrogens is 255 g/mol. The van der Waals surface area contributed by atoms with E-state index in [1.54, 1.807) is 6.07 Å². The molecule has 0 atom stereocenters. The summed E-state index contributed by atoms with van der Waals surface area (Å²) in [7, 11) is 0. The second kappa shape index (κ2) is 3.47. The van der Waals surface area contributed by atoms with Gasteiger partial charge >= 0.3 is 0 Å². The van der Waals surface area contributed by atoms with Gasteiger partial charge < -0.3 is 4.52 Å². The first kappa shape index (κ1) is 8.72. The van der Waals surface area contributed by atoms with Crippen LogP contribution < -0.4 is 0 Å². The monoisotopic (exact) mass is 258 g/mol. The maximum atomic E-state index is 5.92. The minimum Gasteiger partial charge on any atom is -0.333 e. The number of halogens is 2. The number of hydrogen-bond acceptors (Lipinski definition) is 3. The van der Waals surface area contributed by atoms with Gasteiger partial charge in [-0.2, -0.15) is 4.98 Å². The van der Waals surface area contributed by atoms with Gasteiger partial charge in [-0.15, -0.1) is 0 Å². The average Bonchev–Trinajstić information content (AvgIpc) is 2.53. The highest BCUT2D eigenvalue weighted by atomic mass is 79.9. The lowest BCUT2D eigenvalue weighted by atomic mass is 10.2.